The Bertz CT molecular complexity index is 239. The third-order valence-electron chi connectivity index (χ3n) is 2.61. The first-order valence-corrected chi connectivity index (χ1v) is 4.81. The van der Waals surface area contributed by atoms with Crippen LogP contribution in [0.2, 0.25) is 0 Å². The normalized spacial score (nSPS) is 25.8. The summed E-state index contributed by atoms with van der Waals surface area (Å²) in [4.78, 5) is 0. The van der Waals surface area contributed by atoms with Gasteiger partial charge in [0.25, 0.3) is 0 Å². The molecule has 2 unspecified atom stereocenters. The Kier molecular flexibility index (Phi) is 2.66. The van der Waals surface area contributed by atoms with Gasteiger partial charge in [0, 0.05) is 11.6 Å². The van der Waals surface area contributed by atoms with Gasteiger partial charge >= 0.3 is 0 Å². The molecule has 0 bridgehead atoms. The van der Waals surface area contributed by atoms with Gasteiger partial charge in [0.1, 0.15) is 0 Å². The number of hydrogen-bond acceptors (Lipinski definition) is 3. The second-order valence-electron chi connectivity index (χ2n) is 3.56. The highest BCUT2D eigenvalue weighted by atomic mass is 16.3. The minimum atomic E-state index is -0.418. The van der Waals surface area contributed by atoms with E-state index in [1.165, 1.54) is 12.8 Å². The fourth-order valence-corrected chi connectivity index (χ4v) is 1.82. The maximum atomic E-state index is 9.91. The zero-order valence-corrected chi connectivity index (χ0v) is 7.57. The van der Waals surface area contributed by atoms with Crippen molar-refractivity contribution in [1.29, 1.82) is 0 Å². The standard InChI is InChI=1S/C10H15NO2/c12-10(8-4-6-13-7-8)9-3-1-2-5-11-9/h4,6-7,9-12H,1-3,5H2. The highest BCUT2D eigenvalue weighted by Gasteiger charge is 2.22. The molecule has 1 fully saturated rings. The van der Waals surface area contributed by atoms with Crippen LogP contribution in [0.1, 0.15) is 30.9 Å². The number of aliphatic hydroxyl groups is 1. The number of rotatable bonds is 2. The molecule has 3 nitrogen and oxygen atoms in total. The van der Waals surface area contributed by atoms with Crippen LogP contribution in [0, 0.1) is 0 Å². The van der Waals surface area contributed by atoms with Gasteiger partial charge in [-0.3, -0.25) is 0 Å². The predicted octanol–water partition coefficient (Wildman–Crippen LogP) is 1.46. The minimum Gasteiger partial charge on any atom is -0.472 e. The summed E-state index contributed by atoms with van der Waals surface area (Å²) in [6.07, 6.45) is 6.26. The van der Waals surface area contributed by atoms with Gasteiger partial charge in [0.2, 0.25) is 0 Å². The molecule has 2 heterocycles. The van der Waals surface area contributed by atoms with Gasteiger partial charge in [0.05, 0.1) is 18.6 Å². The molecule has 1 aromatic rings. The van der Waals surface area contributed by atoms with Crippen molar-refractivity contribution >= 4 is 0 Å². The highest BCUT2D eigenvalue weighted by Crippen LogP contribution is 2.22. The zero-order chi connectivity index (χ0) is 9.10. The molecule has 2 atom stereocenters. The maximum Gasteiger partial charge on any atom is 0.0973 e. The van der Waals surface area contributed by atoms with Gasteiger partial charge in [0.15, 0.2) is 0 Å². The smallest absolute Gasteiger partial charge is 0.0973 e. The van der Waals surface area contributed by atoms with Crippen LogP contribution in [0.15, 0.2) is 23.0 Å². The summed E-state index contributed by atoms with van der Waals surface area (Å²) >= 11 is 0. The summed E-state index contributed by atoms with van der Waals surface area (Å²) in [5.41, 5.74) is 0.874. The topological polar surface area (TPSA) is 45.4 Å². The molecule has 0 saturated carbocycles. The summed E-state index contributed by atoms with van der Waals surface area (Å²) in [6.45, 7) is 1.01. The van der Waals surface area contributed by atoms with Crippen LogP contribution in [0.4, 0.5) is 0 Å². The average Bonchev–Trinajstić information content (AvgIpc) is 2.71. The van der Waals surface area contributed by atoms with Crippen molar-refractivity contribution in [1.82, 2.24) is 5.32 Å². The molecule has 2 rings (SSSR count). The van der Waals surface area contributed by atoms with Gasteiger partial charge in [-0.25, -0.2) is 0 Å². The molecule has 0 amide bonds. The Morgan fingerprint density at radius 3 is 3.08 bits per heavy atom. The number of nitrogens with one attached hydrogen (secondary N) is 1. The van der Waals surface area contributed by atoms with Gasteiger partial charge in [-0.2, -0.15) is 0 Å². The first-order chi connectivity index (χ1) is 6.38. The van der Waals surface area contributed by atoms with Crippen LogP contribution < -0.4 is 5.32 Å². The molecule has 1 aromatic heterocycles. The third-order valence-corrected chi connectivity index (χ3v) is 2.61. The minimum absolute atomic E-state index is 0.200. The van der Waals surface area contributed by atoms with E-state index in [-0.39, 0.29) is 6.04 Å². The van der Waals surface area contributed by atoms with E-state index in [0.29, 0.717) is 0 Å². The quantitative estimate of drug-likeness (QED) is 0.726. The van der Waals surface area contributed by atoms with Crippen molar-refractivity contribution in [2.24, 2.45) is 0 Å². The third kappa shape index (κ3) is 1.92. The van der Waals surface area contributed by atoms with Gasteiger partial charge in [-0.15, -0.1) is 0 Å². The Balaban J connectivity index is 1.99. The molecule has 0 aliphatic carbocycles. The molecule has 1 saturated heterocycles. The molecule has 72 valence electrons. The molecule has 0 radical (unpaired) electrons. The molecular weight excluding hydrogens is 166 g/mol. The molecule has 0 spiro atoms. The van der Waals surface area contributed by atoms with Crippen LogP contribution in [-0.2, 0) is 0 Å². The largest absolute Gasteiger partial charge is 0.472 e. The van der Waals surface area contributed by atoms with Crippen LogP contribution in [-0.4, -0.2) is 17.7 Å². The number of piperidine rings is 1. The molecule has 3 heteroatoms. The van der Waals surface area contributed by atoms with E-state index >= 15 is 0 Å². The Morgan fingerprint density at radius 2 is 2.46 bits per heavy atom. The lowest BCUT2D eigenvalue weighted by molar-refractivity contribution is 0.113. The van der Waals surface area contributed by atoms with Crippen molar-refractivity contribution in [3.63, 3.8) is 0 Å². The first-order valence-electron chi connectivity index (χ1n) is 4.81. The van der Waals surface area contributed by atoms with Crippen molar-refractivity contribution in [2.45, 2.75) is 31.4 Å². The number of aliphatic hydroxyl groups excluding tert-OH is 1. The Labute approximate surface area is 77.8 Å². The lowest BCUT2D eigenvalue weighted by atomic mass is 9.96. The van der Waals surface area contributed by atoms with E-state index < -0.39 is 6.10 Å². The van der Waals surface area contributed by atoms with E-state index in [2.05, 4.69) is 5.32 Å². The van der Waals surface area contributed by atoms with E-state index in [1.54, 1.807) is 12.5 Å². The van der Waals surface area contributed by atoms with E-state index in [1.807, 2.05) is 6.07 Å². The van der Waals surface area contributed by atoms with E-state index in [9.17, 15) is 5.11 Å². The summed E-state index contributed by atoms with van der Waals surface area (Å²) in [5.74, 6) is 0. The van der Waals surface area contributed by atoms with Crippen molar-refractivity contribution < 1.29 is 9.52 Å². The van der Waals surface area contributed by atoms with Gasteiger partial charge in [-0.1, -0.05) is 6.42 Å². The van der Waals surface area contributed by atoms with Crippen molar-refractivity contribution in [2.75, 3.05) is 6.54 Å². The van der Waals surface area contributed by atoms with Crippen LogP contribution in [0.3, 0.4) is 0 Å². The summed E-state index contributed by atoms with van der Waals surface area (Å²) in [5, 5.41) is 13.2. The Morgan fingerprint density at radius 1 is 1.54 bits per heavy atom. The second kappa shape index (κ2) is 3.94. The average molecular weight is 181 g/mol. The molecule has 13 heavy (non-hydrogen) atoms. The SMILES string of the molecule is OC(c1ccoc1)C1CCCCN1. The van der Waals surface area contributed by atoms with Crippen molar-refractivity contribution in [3.05, 3.63) is 24.2 Å². The molecule has 1 aliphatic rings. The summed E-state index contributed by atoms with van der Waals surface area (Å²) < 4.78 is 4.94. The zero-order valence-electron chi connectivity index (χ0n) is 7.57. The monoisotopic (exact) mass is 181 g/mol. The highest BCUT2D eigenvalue weighted by molar-refractivity contribution is 5.11. The van der Waals surface area contributed by atoms with E-state index in [0.717, 1.165) is 18.5 Å². The number of furan rings is 1. The lowest BCUT2D eigenvalue weighted by Gasteiger charge is -2.27. The first kappa shape index (κ1) is 8.78. The lowest BCUT2D eigenvalue weighted by Crippen LogP contribution is -2.38. The van der Waals surface area contributed by atoms with Crippen LogP contribution in [0.5, 0.6) is 0 Å². The van der Waals surface area contributed by atoms with Crippen molar-refractivity contribution in [3.8, 4) is 0 Å². The second-order valence-corrected chi connectivity index (χ2v) is 3.56. The Hall–Kier alpha value is -0.800. The van der Waals surface area contributed by atoms with Crippen LogP contribution >= 0.6 is 0 Å². The van der Waals surface area contributed by atoms with E-state index in [4.69, 9.17) is 4.42 Å². The predicted molar refractivity (Wildman–Crippen MR) is 49.3 cm³/mol. The molecule has 1 aliphatic heterocycles. The van der Waals surface area contributed by atoms with Gasteiger partial charge in [-0.05, 0) is 25.5 Å². The molecule has 0 aromatic carbocycles. The number of hydrogen-bond donors (Lipinski definition) is 2. The molecule has 2 N–H and O–H groups in total. The molecular formula is C10H15NO2. The van der Waals surface area contributed by atoms with Crippen LogP contribution in [0.25, 0.3) is 0 Å². The summed E-state index contributed by atoms with van der Waals surface area (Å²) in [7, 11) is 0. The fourth-order valence-electron chi connectivity index (χ4n) is 1.82. The fraction of sp³-hybridized carbons (Fsp3) is 0.600. The maximum absolute atomic E-state index is 9.91. The van der Waals surface area contributed by atoms with Gasteiger partial charge < -0.3 is 14.8 Å². The summed E-state index contributed by atoms with van der Waals surface area (Å²) in [6, 6.07) is 2.02.